The lowest BCUT2D eigenvalue weighted by atomic mass is 9.99. The largest absolute Gasteiger partial charge is 0.338 e. The van der Waals surface area contributed by atoms with Gasteiger partial charge in [0.25, 0.3) is 0 Å². The number of piperidine rings is 1. The quantitative estimate of drug-likeness (QED) is 0.837. The average Bonchev–Trinajstić information content (AvgIpc) is 2.74. The highest BCUT2D eigenvalue weighted by Gasteiger charge is 2.31. The van der Waals surface area contributed by atoms with E-state index in [0.29, 0.717) is 17.6 Å². The maximum absolute atomic E-state index is 12.5. The lowest BCUT2D eigenvalue weighted by Crippen LogP contribution is -2.56. The summed E-state index contributed by atoms with van der Waals surface area (Å²) in [6.45, 7) is 7.99. The van der Waals surface area contributed by atoms with Gasteiger partial charge in [-0.1, -0.05) is 18.0 Å². The van der Waals surface area contributed by atoms with E-state index in [9.17, 15) is 4.79 Å². The second kappa shape index (κ2) is 5.97. The molecule has 116 valence electrons. The fraction of sp³-hybridized carbons (Fsp3) is 0.733. The van der Waals surface area contributed by atoms with Gasteiger partial charge in [0.05, 0.1) is 16.4 Å². The fourth-order valence-corrected chi connectivity index (χ4v) is 3.57. The topological polar surface area (TPSA) is 41.4 Å². The molecule has 2 aliphatic heterocycles. The van der Waals surface area contributed by atoms with Crippen LogP contribution in [0.15, 0.2) is 0 Å². The van der Waals surface area contributed by atoms with Gasteiger partial charge in [-0.25, -0.2) is 0 Å². The Bertz CT molecular complexity index is 542. The highest BCUT2D eigenvalue weighted by Crippen LogP contribution is 2.22. The zero-order valence-corrected chi connectivity index (χ0v) is 13.6. The normalized spacial score (nSPS) is 23.2. The Labute approximate surface area is 130 Å². The molecular weight excluding hydrogens is 288 g/mol. The van der Waals surface area contributed by atoms with E-state index in [4.69, 9.17) is 11.6 Å². The van der Waals surface area contributed by atoms with Crippen molar-refractivity contribution < 1.29 is 4.79 Å². The number of hydrogen-bond donors (Lipinski definition) is 0. The maximum Gasteiger partial charge on any atom is 0.244 e. The SMILES string of the molecule is Cc1nn(CC(=O)N2CCN3CCCC[C@@H]3C2)c(C)c1Cl. The molecule has 3 rings (SSSR count). The fourth-order valence-electron chi connectivity index (χ4n) is 3.44. The first-order valence-electron chi connectivity index (χ1n) is 7.77. The van der Waals surface area contributed by atoms with Gasteiger partial charge >= 0.3 is 0 Å². The minimum Gasteiger partial charge on any atom is -0.338 e. The minimum absolute atomic E-state index is 0.155. The third kappa shape index (κ3) is 2.94. The standard InChI is InChI=1S/C15H23ClN4O/c1-11-15(16)12(2)20(17-11)10-14(21)19-8-7-18-6-4-3-5-13(18)9-19/h13H,3-10H2,1-2H3/t13-/m1/s1. The minimum atomic E-state index is 0.155. The molecule has 0 unspecified atom stereocenters. The lowest BCUT2D eigenvalue weighted by Gasteiger charge is -2.44. The van der Waals surface area contributed by atoms with Crippen molar-refractivity contribution in [2.24, 2.45) is 0 Å². The van der Waals surface area contributed by atoms with E-state index >= 15 is 0 Å². The summed E-state index contributed by atoms with van der Waals surface area (Å²) in [5.41, 5.74) is 1.66. The molecular formula is C15H23ClN4O. The molecule has 0 bridgehead atoms. The second-order valence-electron chi connectivity index (χ2n) is 6.17. The van der Waals surface area contributed by atoms with Crippen LogP contribution in [0.25, 0.3) is 0 Å². The van der Waals surface area contributed by atoms with E-state index in [-0.39, 0.29) is 5.91 Å². The van der Waals surface area contributed by atoms with Crippen molar-refractivity contribution in [1.29, 1.82) is 0 Å². The first-order valence-corrected chi connectivity index (χ1v) is 8.15. The summed E-state index contributed by atoms with van der Waals surface area (Å²) < 4.78 is 1.73. The van der Waals surface area contributed by atoms with Crippen LogP contribution in [0.3, 0.4) is 0 Å². The Morgan fingerprint density at radius 2 is 2.10 bits per heavy atom. The zero-order valence-electron chi connectivity index (χ0n) is 12.8. The van der Waals surface area contributed by atoms with Gasteiger partial charge in [-0.2, -0.15) is 5.10 Å². The number of nitrogens with zero attached hydrogens (tertiary/aromatic N) is 4. The van der Waals surface area contributed by atoms with Crippen molar-refractivity contribution in [2.45, 2.75) is 45.7 Å². The Morgan fingerprint density at radius 1 is 1.29 bits per heavy atom. The number of carbonyl (C=O) groups is 1. The molecule has 1 aromatic rings. The molecule has 2 saturated heterocycles. The van der Waals surface area contributed by atoms with Gasteiger partial charge in [-0.3, -0.25) is 14.4 Å². The molecule has 6 heteroatoms. The number of aryl methyl sites for hydroxylation is 1. The van der Waals surface area contributed by atoms with Crippen LogP contribution in [0.4, 0.5) is 0 Å². The molecule has 1 amide bonds. The molecule has 0 saturated carbocycles. The average molecular weight is 311 g/mol. The number of carbonyl (C=O) groups excluding carboxylic acids is 1. The molecule has 1 aromatic heterocycles. The number of piperazine rings is 1. The van der Waals surface area contributed by atoms with Crippen LogP contribution in [0.1, 0.15) is 30.7 Å². The molecule has 0 aliphatic carbocycles. The third-order valence-electron chi connectivity index (χ3n) is 4.77. The molecule has 2 aliphatic rings. The summed E-state index contributed by atoms with van der Waals surface area (Å²) >= 11 is 6.14. The molecule has 0 radical (unpaired) electrons. The predicted molar refractivity (Wildman–Crippen MR) is 82.5 cm³/mol. The molecule has 0 N–H and O–H groups in total. The van der Waals surface area contributed by atoms with Gasteiger partial charge in [0.2, 0.25) is 5.91 Å². The van der Waals surface area contributed by atoms with Gasteiger partial charge in [0, 0.05) is 25.7 Å². The van der Waals surface area contributed by atoms with E-state index in [1.165, 1.54) is 25.8 Å². The van der Waals surface area contributed by atoms with Crippen LogP contribution in [-0.2, 0) is 11.3 Å². The number of fused-ring (bicyclic) bond motifs is 1. The number of hydrogen-bond acceptors (Lipinski definition) is 3. The van der Waals surface area contributed by atoms with Crippen molar-refractivity contribution in [1.82, 2.24) is 19.6 Å². The van der Waals surface area contributed by atoms with E-state index in [0.717, 1.165) is 31.0 Å². The maximum atomic E-state index is 12.5. The molecule has 1 atom stereocenters. The van der Waals surface area contributed by atoms with Crippen LogP contribution in [0, 0.1) is 13.8 Å². The molecule has 0 aromatic carbocycles. The van der Waals surface area contributed by atoms with Crippen LogP contribution >= 0.6 is 11.6 Å². The van der Waals surface area contributed by atoms with Gasteiger partial charge in [-0.05, 0) is 33.2 Å². The van der Waals surface area contributed by atoms with E-state index < -0.39 is 0 Å². The van der Waals surface area contributed by atoms with Crippen molar-refractivity contribution in [3.05, 3.63) is 16.4 Å². The monoisotopic (exact) mass is 310 g/mol. The first kappa shape index (κ1) is 14.9. The second-order valence-corrected chi connectivity index (χ2v) is 6.55. The molecule has 0 spiro atoms. The number of amides is 1. The van der Waals surface area contributed by atoms with Crippen molar-refractivity contribution in [3.63, 3.8) is 0 Å². The Kier molecular flexibility index (Phi) is 4.22. The van der Waals surface area contributed by atoms with Gasteiger partial charge in [-0.15, -0.1) is 0 Å². The summed E-state index contributed by atoms with van der Waals surface area (Å²) in [7, 11) is 0. The van der Waals surface area contributed by atoms with Crippen LogP contribution < -0.4 is 0 Å². The van der Waals surface area contributed by atoms with Crippen LogP contribution in [0.5, 0.6) is 0 Å². The smallest absolute Gasteiger partial charge is 0.244 e. The summed E-state index contributed by atoms with van der Waals surface area (Å²) in [4.78, 5) is 17.1. The molecule has 5 nitrogen and oxygen atoms in total. The number of aromatic nitrogens is 2. The van der Waals surface area contributed by atoms with Gasteiger partial charge in [0.15, 0.2) is 0 Å². The lowest BCUT2D eigenvalue weighted by molar-refractivity contribution is -0.135. The molecule has 3 heterocycles. The van der Waals surface area contributed by atoms with E-state index in [1.54, 1.807) is 4.68 Å². The van der Waals surface area contributed by atoms with Crippen molar-refractivity contribution in [3.8, 4) is 0 Å². The third-order valence-corrected chi connectivity index (χ3v) is 5.32. The summed E-state index contributed by atoms with van der Waals surface area (Å²) in [5, 5.41) is 5.02. The highest BCUT2D eigenvalue weighted by atomic mass is 35.5. The van der Waals surface area contributed by atoms with E-state index in [2.05, 4.69) is 10.00 Å². The number of halogens is 1. The summed E-state index contributed by atoms with van der Waals surface area (Å²) in [6.07, 6.45) is 3.81. The Morgan fingerprint density at radius 3 is 2.81 bits per heavy atom. The number of rotatable bonds is 2. The van der Waals surface area contributed by atoms with Gasteiger partial charge < -0.3 is 4.90 Å². The van der Waals surface area contributed by atoms with Gasteiger partial charge in [0.1, 0.15) is 6.54 Å². The van der Waals surface area contributed by atoms with Crippen molar-refractivity contribution >= 4 is 17.5 Å². The van der Waals surface area contributed by atoms with Crippen LogP contribution in [0.2, 0.25) is 5.02 Å². The first-order chi connectivity index (χ1) is 10.1. The Hall–Kier alpha value is -1.07. The van der Waals surface area contributed by atoms with Crippen molar-refractivity contribution in [2.75, 3.05) is 26.2 Å². The van der Waals surface area contributed by atoms with E-state index in [1.807, 2.05) is 18.7 Å². The highest BCUT2D eigenvalue weighted by molar-refractivity contribution is 6.31. The molecule has 21 heavy (non-hydrogen) atoms. The summed E-state index contributed by atoms with van der Waals surface area (Å²) in [5.74, 6) is 0.155. The Balaban J connectivity index is 1.64. The predicted octanol–water partition coefficient (Wildman–Crippen LogP) is 1.85. The molecule has 2 fully saturated rings. The zero-order chi connectivity index (χ0) is 15.0. The summed E-state index contributed by atoms with van der Waals surface area (Å²) in [6, 6.07) is 0.556. The van der Waals surface area contributed by atoms with Crippen LogP contribution in [-0.4, -0.2) is 57.7 Å².